The van der Waals surface area contributed by atoms with Gasteiger partial charge in [-0.3, -0.25) is 0 Å². The Morgan fingerprint density at radius 3 is 2.53 bits per heavy atom. The van der Waals surface area contributed by atoms with Crippen molar-refractivity contribution in [3.63, 3.8) is 0 Å². The molecule has 0 bridgehead atoms. The maximum absolute atomic E-state index is 11.6. The van der Waals surface area contributed by atoms with Gasteiger partial charge in [-0.25, -0.2) is 9.59 Å². The predicted molar refractivity (Wildman–Crippen MR) is 63.3 cm³/mol. The molecule has 3 N–H and O–H groups in total. The zero-order chi connectivity index (χ0) is 12.8. The van der Waals surface area contributed by atoms with E-state index < -0.39 is 18.0 Å². The molecule has 5 heteroatoms. The first kappa shape index (κ1) is 13.4. The van der Waals surface area contributed by atoms with Gasteiger partial charge in [0.15, 0.2) is 0 Å². The molecular formula is C12H18N2O3. The van der Waals surface area contributed by atoms with Crippen molar-refractivity contribution >= 4 is 12.0 Å². The topological polar surface area (TPSA) is 78.4 Å². The molecule has 1 saturated carbocycles. The molecule has 94 valence electrons. The lowest BCUT2D eigenvalue weighted by Crippen LogP contribution is -2.49. The largest absolute Gasteiger partial charge is 0.480 e. The minimum Gasteiger partial charge on any atom is -0.480 e. The minimum absolute atomic E-state index is 0.0750. The lowest BCUT2D eigenvalue weighted by Gasteiger charge is -2.18. The zero-order valence-corrected chi connectivity index (χ0v) is 9.90. The molecule has 5 nitrogen and oxygen atoms in total. The number of nitrogens with one attached hydrogen (secondary N) is 2. The highest BCUT2D eigenvalue weighted by atomic mass is 16.4. The fourth-order valence-corrected chi connectivity index (χ4v) is 1.62. The Labute approximate surface area is 101 Å². The van der Waals surface area contributed by atoms with E-state index in [1.54, 1.807) is 0 Å². The molecular weight excluding hydrogens is 220 g/mol. The molecule has 0 heterocycles. The number of carboxylic acid groups (broad SMARTS) is 1. The van der Waals surface area contributed by atoms with Crippen LogP contribution in [0.2, 0.25) is 0 Å². The lowest BCUT2D eigenvalue weighted by molar-refractivity contribution is -0.139. The van der Waals surface area contributed by atoms with Crippen LogP contribution in [0.1, 0.15) is 32.6 Å². The third-order valence-electron chi connectivity index (χ3n) is 2.84. The number of hydrogen-bond acceptors (Lipinski definition) is 2. The van der Waals surface area contributed by atoms with Gasteiger partial charge in [-0.15, -0.1) is 12.3 Å². The van der Waals surface area contributed by atoms with Crippen LogP contribution in [0.4, 0.5) is 4.79 Å². The molecule has 1 aliphatic carbocycles. The molecule has 1 fully saturated rings. The highest BCUT2D eigenvalue weighted by molar-refractivity contribution is 5.83. The smallest absolute Gasteiger partial charge is 0.326 e. The van der Waals surface area contributed by atoms with E-state index in [0.29, 0.717) is 6.42 Å². The van der Waals surface area contributed by atoms with Crippen molar-refractivity contribution in [3.05, 3.63) is 0 Å². The Bertz CT molecular complexity index is 331. The average Bonchev–Trinajstić information content (AvgIpc) is 3.08. The predicted octanol–water partition coefficient (Wildman–Crippen LogP) is 0.951. The van der Waals surface area contributed by atoms with E-state index in [1.165, 1.54) is 0 Å². The number of hydrogen-bond donors (Lipinski definition) is 3. The van der Waals surface area contributed by atoms with Gasteiger partial charge in [-0.2, -0.15) is 0 Å². The van der Waals surface area contributed by atoms with Crippen LogP contribution in [0.3, 0.4) is 0 Å². The van der Waals surface area contributed by atoms with Gasteiger partial charge < -0.3 is 15.7 Å². The molecule has 0 aromatic carbocycles. The number of terminal acetylenes is 1. The van der Waals surface area contributed by atoms with Gasteiger partial charge in [0.05, 0.1) is 0 Å². The van der Waals surface area contributed by atoms with Gasteiger partial charge in [-0.1, -0.05) is 6.92 Å². The summed E-state index contributed by atoms with van der Waals surface area (Å²) in [5.74, 6) is 1.57. The average molecular weight is 238 g/mol. The van der Waals surface area contributed by atoms with Crippen LogP contribution in [-0.2, 0) is 4.79 Å². The van der Waals surface area contributed by atoms with Crippen LogP contribution >= 0.6 is 0 Å². The van der Waals surface area contributed by atoms with E-state index in [-0.39, 0.29) is 12.0 Å². The van der Waals surface area contributed by atoms with E-state index in [1.807, 2.05) is 6.92 Å². The highest BCUT2D eigenvalue weighted by Crippen LogP contribution is 2.32. The van der Waals surface area contributed by atoms with Crippen LogP contribution in [0.25, 0.3) is 0 Å². The summed E-state index contributed by atoms with van der Waals surface area (Å²) in [4.78, 5) is 22.5. The van der Waals surface area contributed by atoms with Crippen LogP contribution < -0.4 is 10.6 Å². The maximum Gasteiger partial charge on any atom is 0.326 e. The summed E-state index contributed by atoms with van der Waals surface area (Å²) in [6.07, 6.45) is 8.06. The molecule has 0 saturated heterocycles. The second-order valence-electron chi connectivity index (χ2n) is 4.28. The fourth-order valence-electron chi connectivity index (χ4n) is 1.62. The van der Waals surface area contributed by atoms with Crippen molar-refractivity contribution in [2.45, 2.75) is 44.7 Å². The number of carbonyl (C=O) groups is 2. The number of amides is 2. The lowest BCUT2D eigenvalue weighted by atomic mass is 10.1. The number of aliphatic carboxylic acids is 1. The van der Waals surface area contributed by atoms with Crippen LogP contribution in [0, 0.1) is 18.3 Å². The summed E-state index contributed by atoms with van der Waals surface area (Å²) in [5.41, 5.74) is 0. The number of carbonyl (C=O) groups excluding carboxylic acids is 1. The fraction of sp³-hybridized carbons (Fsp3) is 0.667. The van der Waals surface area contributed by atoms with Gasteiger partial charge in [0.1, 0.15) is 6.04 Å². The monoisotopic (exact) mass is 238 g/mol. The number of rotatable bonds is 6. The molecule has 17 heavy (non-hydrogen) atoms. The Kier molecular flexibility index (Phi) is 4.83. The second-order valence-corrected chi connectivity index (χ2v) is 4.28. The van der Waals surface area contributed by atoms with Crippen molar-refractivity contribution < 1.29 is 14.7 Å². The van der Waals surface area contributed by atoms with Gasteiger partial charge in [0, 0.05) is 12.5 Å². The molecule has 0 aromatic heterocycles. The summed E-state index contributed by atoms with van der Waals surface area (Å²) in [6, 6.07) is -1.33. The van der Waals surface area contributed by atoms with E-state index in [0.717, 1.165) is 19.3 Å². The minimum atomic E-state index is -0.979. The summed E-state index contributed by atoms with van der Waals surface area (Å²) in [6.45, 7) is 1.91. The molecule has 2 amide bonds. The van der Waals surface area contributed by atoms with Crippen LogP contribution in [0.15, 0.2) is 0 Å². The normalized spacial score (nSPS) is 17.6. The van der Waals surface area contributed by atoms with Gasteiger partial charge in [-0.05, 0) is 25.2 Å². The van der Waals surface area contributed by atoms with Crippen molar-refractivity contribution in [2.75, 3.05) is 0 Å². The van der Waals surface area contributed by atoms with E-state index in [9.17, 15) is 9.59 Å². The van der Waals surface area contributed by atoms with E-state index in [4.69, 9.17) is 11.5 Å². The summed E-state index contributed by atoms with van der Waals surface area (Å²) >= 11 is 0. The third kappa shape index (κ3) is 4.35. The van der Waals surface area contributed by atoms with Gasteiger partial charge in [0.25, 0.3) is 0 Å². The first-order chi connectivity index (χ1) is 8.08. The SMILES string of the molecule is C#CCC(CC)NC(=O)NC(C(=O)O)C1CC1. The molecule has 1 aliphatic rings. The number of carboxylic acids is 1. The van der Waals surface area contributed by atoms with Crippen LogP contribution in [0.5, 0.6) is 0 Å². The maximum atomic E-state index is 11.6. The molecule has 0 spiro atoms. The number of urea groups is 1. The van der Waals surface area contributed by atoms with Gasteiger partial charge in [0.2, 0.25) is 0 Å². The first-order valence-electron chi connectivity index (χ1n) is 5.81. The zero-order valence-electron chi connectivity index (χ0n) is 9.90. The van der Waals surface area contributed by atoms with Crippen LogP contribution in [-0.4, -0.2) is 29.2 Å². The summed E-state index contributed by atoms with van der Waals surface area (Å²) in [7, 11) is 0. The van der Waals surface area contributed by atoms with Crippen molar-refractivity contribution in [2.24, 2.45) is 5.92 Å². The molecule has 0 aromatic rings. The first-order valence-corrected chi connectivity index (χ1v) is 5.81. The standard InChI is InChI=1S/C12H18N2O3/c1-3-5-9(4-2)13-12(17)14-10(11(15)16)8-6-7-8/h1,8-10H,4-7H2,2H3,(H,15,16)(H2,13,14,17). The molecule has 0 aliphatic heterocycles. The summed E-state index contributed by atoms with van der Waals surface area (Å²) < 4.78 is 0. The molecule has 2 unspecified atom stereocenters. The molecule has 1 rings (SSSR count). The van der Waals surface area contributed by atoms with Crippen molar-refractivity contribution in [1.82, 2.24) is 10.6 Å². The Hall–Kier alpha value is -1.70. The molecule has 0 radical (unpaired) electrons. The second kappa shape index (κ2) is 6.14. The van der Waals surface area contributed by atoms with Crippen molar-refractivity contribution in [1.29, 1.82) is 0 Å². The Morgan fingerprint density at radius 2 is 2.12 bits per heavy atom. The van der Waals surface area contributed by atoms with E-state index in [2.05, 4.69) is 16.6 Å². The Morgan fingerprint density at radius 1 is 1.47 bits per heavy atom. The van der Waals surface area contributed by atoms with Gasteiger partial charge >= 0.3 is 12.0 Å². The molecule has 2 atom stereocenters. The highest BCUT2D eigenvalue weighted by Gasteiger charge is 2.37. The Balaban J connectivity index is 2.41. The van der Waals surface area contributed by atoms with Crippen molar-refractivity contribution in [3.8, 4) is 12.3 Å². The van der Waals surface area contributed by atoms with E-state index >= 15 is 0 Å². The summed E-state index contributed by atoms with van der Waals surface area (Å²) in [5, 5.41) is 14.1. The quantitative estimate of drug-likeness (QED) is 0.603. The third-order valence-corrected chi connectivity index (χ3v) is 2.84.